The molecule has 9 nitrogen and oxygen atoms in total. The molecule has 1 aliphatic heterocycles. The van der Waals surface area contributed by atoms with E-state index in [1.54, 1.807) is 6.07 Å². The molecule has 2 aromatic carbocycles. The lowest BCUT2D eigenvalue weighted by Gasteiger charge is -2.14. The average Bonchev–Trinajstić information content (AvgIpc) is 3.75. The van der Waals surface area contributed by atoms with Crippen LogP contribution in [0.3, 0.4) is 0 Å². The van der Waals surface area contributed by atoms with Gasteiger partial charge in [0.15, 0.2) is 5.65 Å². The van der Waals surface area contributed by atoms with Crippen molar-refractivity contribution in [3.8, 4) is 33.6 Å². The van der Waals surface area contributed by atoms with E-state index in [9.17, 15) is 12.8 Å². The minimum Gasteiger partial charge on any atom is -0.353 e. The van der Waals surface area contributed by atoms with Crippen molar-refractivity contribution in [1.29, 1.82) is 0 Å². The first kappa shape index (κ1) is 27.4. The number of likely N-dealkylation sites (tertiary alicyclic amines) is 1. The van der Waals surface area contributed by atoms with Gasteiger partial charge in [-0.25, -0.2) is 22.5 Å². The lowest BCUT2D eigenvalue weighted by atomic mass is 9.99. The van der Waals surface area contributed by atoms with E-state index >= 15 is 0 Å². The smallest absolute Gasteiger partial charge is 0.209 e. The van der Waals surface area contributed by atoms with Crippen LogP contribution >= 0.6 is 0 Å². The van der Waals surface area contributed by atoms with Crippen LogP contribution in [0.25, 0.3) is 55.6 Å². The zero-order chi connectivity index (χ0) is 29.6. The number of hydrogen-bond acceptors (Lipinski definition) is 6. The summed E-state index contributed by atoms with van der Waals surface area (Å²) >= 11 is 0. The second-order valence-corrected chi connectivity index (χ2v) is 13.0. The third-order valence-corrected chi connectivity index (χ3v) is 8.55. The summed E-state index contributed by atoms with van der Waals surface area (Å²) in [7, 11) is -3.41. The number of sulfonamides is 1. The Morgan fingerprint density at radius 2 is 1.74 bits per heavy atom. The summed E-state index contributed by atoms with van der Waals surface area (Å²) in [5.74, 6) is -0.437. The number of pyridine rings is 2. The Morgan fingerprint density at radius 3 is 2.58 bits per heavy atom. The van der Waals surface area contributed by atoms with Gasteiger partial charge in [0.1, 0.15) is 5.82 Å². The fourth-order valence-electron chi connectivity index (χ4n) is 5.86. The Balaban J connectivity index is 1.24. The van der Waals surface area contributed by atoms with E-state index in [2.05, 4.69) is 46.9 Å². The van der Waals surface area contributed by atoms with Gasteiger partial charge < -0.3 is 4.98 Å². The van der Waals surface area contributed by atoms with Crippen molar-refractivity contribution in [3.05, 3.63) is 90.1 Å². The van der Waals surface area contributed by atoms with Crippen molar-refractivity contribution >= 4 is 32.0 Å². The Hall–Kier alpha value is -4.45. The quantitative estimate of drug-likeness (QED) is 0.210. The first-order valence-corrected chi connectivity index (χ1v) is 16.1. The SMILES string of the molecule is CS(=O)(=O)NCc1cc(F)cc(-c2cccc3[nH]c(-c4[nH]nc5ncc(-c6cncc(CN7CCCC7)c6)cc45)cc23)c1. The van der Waals surface area contributed by atoms with Gasteiger partial charge in [-0.15, -0.1) is 0 Å². The highest BCUT2D eigenvalue weighted by Crippen LogP contribution is 2.35. The number of nitrogens with zero attached hydrogens (tertiary/aromatic N) is 4. The predicted molar refractivity (Wildman–Crippen MR) is 166 cm³/mol. The van der Waals surface area contributed by atoms with Gasteiger partial charge in [0.05, 0.1) is 17.6 Å². The van der Waals surface area contributed by atoms with Gasteiger partial charge in [-0.2, -0.15) is 5.10 Å². The monoisotopic (exact) mass is 595 g/mol. The van der Waals surface area contributed by atoms with Gasteiger partial charge in [-0.1, -0.05) is 12.1 Å². The number of halogens is 1. The fourth-order valence-corrected chi connectivity index (χ4v) is 6.29. The van der Waals surface area contributed by atoms with Gasteiger partial charge >= 0.3 is 0 Å². The topological polar surface area (TPSA) is 120 Å². The lowest BCUT2D eigenvalue weighted by Crippen LogP contribution is -2.21. The maximum absolute atomic E-state index is 14.6. The normalized spacial score (nSPS) is 14.3. The molecule has 43 heavy (non-hydrogen) atoms. The van der Waals surface area contributed by atoms with Gasteiger partial charge in [-0.3, -0.25) is 15.0 Å². The van der Waals surface area contributed by atoms with E-state index in [1.807, 2.05) is 42.9 Å². The Morgan fingerprint density at radius 1 is 0.930 bits per heavy atom. The van der Waals surface area contributed by atoms with Gasteiger partial charge in [0.25, 0.3) is 0 Å². The predicted octanol–water partition coefficient (Wildman–Crippen LogP) is 5.62. The van der Waals surface area contributed by atoms with Crippen LogP contribution in [-0.2, 0) is 23.1 Å². The van der Waals surface area contributed by atoms with E-state index in [0.717, 1.165) is 70.3 Å². The molecule has 0 atom stereocenters. The van der Waals surface area contributed by atoms with E-state index < -0.39 is 15.8 Å². The molecular formula is C32H30FN7O2S. The van der Waals surface area contributed by atoms with Crippen LogP contribution in [0, 0.1) is 5.82 Å². The molecule has 7 rings (SSSR count). The summed E-state index contributed by atoms with van der Waals surface area (Å²) in [6.07, 6.45) is 9.20. The molecule has 1 aliphatic rings. The summed E-state index contributed by atoms with van der Waals surface area (Å²) in [6.45, 7) is 3.15. The zero-order valence-electron chi connectivity index (χ0n) is 23.6. The lowest BCUT2D eigenvalue weighted by molar-refractivity contribution is 0.331. The number of H-pyrrole nitrogens is 2. The van der Waals surface area contributed by atoms with Gasteiger partial charge in [0.2, 0.25) is 10.0 Å². The number of rotatable bonds is 8. The molecule has 1 saturated heterocycles. The number of nitrogens with one attached hydrogen (secondary N) is 3. The molecule has 1 fully saturated rings. The third-order valence-electron chi connectivity index (χ3n) is 7.88. The second-order valence-electron chi connectivity index (χ2n) is 11.2. The molecule has 0 saturated carbocycles. The summed E-state index contributed by atoms with van der Waals surface area (Å²) in [6, 6.07) is 16.7. The summed E-state index contributed by atoms with van der Waals surface area (Å²) in [5, 5.41) is 9.36. The zero-order valence-corrected chi connectivity index (χ0v) is 24.4. The van der Waals surface area contributed by atoms with Crippen molar-refractivity contribution in [2.75, 3.05) is 19.3 Å². The highest BCUT2D eigenvalue weighted by Gasteiger charge is 2.17. The maximum Gasteiger partial charge on any atom is 0.209 e. The molecular weight excluding hydrogens is 565 g/mol. The molecule has 11 heteroatoms. The minimum absolute atomic E-state index is 0.00408. The van der Waals surface area contributed by atoms with Crippen molar-refractivity contribution in [2.45, 2.75) is 25.9 Å². The molecule has 0 aliphatic carbocycles. The van der Waals surface area contributed by atoms with Crippen LogP contribution < -0.4 is 4.72 Å². The average molecular weight is 596 g/mol. The molecule has 5 heterocycles. The first-order chi connectivity index (χ1) is 20.8. The van der Waals surface area contributed by atoms with E-state index in [4.69, 9.17) is 0 Å². The highest BCUT2D eigenvalue weighted by atomic mass is 32.2. The number of aromatic amines is 2. The van der Waals surface area contributed by atoms with Gasteiger partial charge in [0, 0.05) is 59.1 Å². The molecule has 4 aromatic heterocycles. The molecule has 0 spiro atoms. The molecule has 0 unspecified atom stereocenters. The Bertz CT molecular complexity index is 2080. The van der Waals surface area contributed by atoms with Crippen LogP contribution in [0.4, 0.5) is 4.39 Å². The molecule has 6 aromatic rings. The van der Waals surface area contributed by atoms with E-state index in [-0.39, 0.29) is 6.54 Å². The molecule has 0 radical (unpaired) electrons. The molecule has 218 valence electrons. The highest BCUT2D eigenvalue weighted by molar-refractivity contribution is 7.88. The second kappa shape index (κ2) is 11.0. The Labute approximate surface area is 248 Å². The standard InChI is InChI=1S/C32H30FN7O2S/c1-43(41,42)36-16-20-9-22(12-25(33)11-20)26-5-4-6-29-27(26)14-30(37-29)31-28-13-24(18-35-32(28)39-38-31)23-10-21(15-34-17-23)19-40-7-2-3-8-40/h4-6,9-15,17-18,36-37H,2-3,7-8,16,19H2,1H3,(H,35,38,39). The van der Waals surface area contributed by atoms with Crippen molar-refractivity contribution in [1.82, 2.24) is 34.8 Å². The summed E-state index contributed by atoms with van der Waals surface area (Å²) in [4.78, 5) is 15.1. The number of fused-ring (bicyclic) bond motifs is 2. The number of hydrogen-bond donors (Lipinski definition) is 3. The Kier molecular flexibility index (Phi) is 7.00. The van der Waals surface area contributed by atoms with Crippen LogP contribution in [0.2, 0.25) is 0 Å². The number of benzene rings is 2. The minimum atomic E-state index is -3.41. The maximum atomic E-state index is 14.6. The number of aromatic nitrogens is 5. The van der Waals surface area contributed by atoms with Crippen LogP contribution in [-0.4, -0.2) is 57.8 Å². The summed E-state index contributed by atoms with van der Waals surface area (Å²) < 4.78 is 40.2. The van der Waals surface area contributed by atoms with Crippen LogP contribution in [0.1, 0.15) is 24.0 Å². The van der Waals surface area contributed by atoms with Crippen molar-refractivity contribution < 1.29 is 12.8 Å². The molecule has 3 N–H and O–H groups in total. The third kappa shape index (κ3) is 5.79. The summed E-state index contributed by atoms with van der Waals surface area (Å²) in [5.41, 5.74) is 8.25. The first-order valence-electron chi connectivity index (χ1n) is 14.2. The largest absolute Gasteiger partial charge is 0.353 e. The van der Waals surface area contributed by atoms with E-state index in [0.29, 0.717) is 16.8 Å². The van der Waals surface area contributed by atoms with Crippen molar-refractivity contribution in [2.24, 2.45) is 0 Å². The van der Waals surface area contributed by atoms with Crippen molar-refractivity contribution in [3.63, 3.8) is 0 Å². The molecule has 0 amide bonds. The molecule has 0 bridgehead atoms. The fraction of sp³-hybridized carbons (Fsp3) is 0.219. The van der Waals surface area contributed by atoms with E-state index in [1.165, 1.54) is 30.5 Å². The van der Waals surface area contributed by atoms with Crippen LogP contribution in [0.5, 0.6) is 0 Å². The van der Waals surface area contributed by atoms with Crippen LogP contribution in [0.15, 0.2) is 73.2 Å². The van der Waals surface area contributed by atoms with Gasteiger partial charge in [-0.05, 0) is 90.6 Å².